The zero-order chi connectivity index (χ0) is 9.35. The lowest BCUT2D eigenvalue weighted by molar-refractivity contribution is 0.283. The van der Waals surface area contributed by atoms with Gasteiger partial charge in [-0.15, -0.1) is 0 Å². The lowest BCUT2D eigenvalue weighted by atomic mass is 9.98. The first kappa shape index (κ1) is 9.51. The summed E-state index contributed by atoms with van der Waals surface area (Å²) in [5, 5.41) is 0. The fraction of sp³-hybridized carbons (Fsp3) is 0.286. The SMILES string of the molecule is O=[C]C1C(F)=CC(F)=CC1(F)Br. The molecule has 0 heterocycles. The average Bonchev–Trinajstić information content (AvgIpc) is 1.82. The minimum atomic E-state index is -2.50. The maximum absolute atomic E-state index is 13.1. The van der Waals surface area contributed by atoms with Crippen molar-refractivity contribution < 1.29 is 18.0 Å². The number of halogens is 4. The minimum absolute atomic E-state index is 0.453. The molecule has 0 N–H and O–H groups in total. The van der Waals surface area contributed by atoms with Gasteiger partial charge >= 0.3 is 0 Å². The highest BCUT2D eigenvalue weighted by molar-refractivity contribution is 9.10. The summed E-state index contributed by atoms with van der Waals surface area (Å²) in [5.74, 6) is -3.96. The van der Waals surface area contributed by atoms with E-state index in [0.29, 0.717) is 12.2 Å². The van der Waals surface area contributed by atoms with E-state index in [9.17, 15) is 18.0 Å². The Labute approximate surface area is 75.1 Å². The molecule has 0 amide bonds. The summed E-state index contributed by atoms with van der Waals surface area (Å²) in [6, 6.07) is 0. The van der Waals surface area contributed by atoms with Gasteiger partial charge in [0.25, 0.3) is 0 Å². The highest BCUT2D eigenvalue weighted by Crippen LogP contribution is 2.40. The van der Waals surface area contributed by atoms with Crippen molar-refractivity contribution in [3.63, 3.8) is 0 Å². The summed E-state index contributed by atoms with van der Waals surface area (Å²) >= 11 is 2.37. The Kier molecular flexibility index (Phi) is 2.41. The molecule has 0 aromatic carbocycles. The molecule has 1 rings (SSSR count). The second-order valence-corrected chi connectivity index (χ2v) is 3.50. The molecule has 1 aliphatic rings. The Balaban J connectivity index is 3.07. The molecule has 0 aliphatic heterocycles. The van der Waals surface area contributed by atoms with Crippen LogP contribution in [0.2, 0.25) is 0 Å². The van der Waals surface area contributed by atoms with Crippen molar-refractivity contribution >= 4 is 22.2 Å². The number of carbonyl (C=O) groups excluding carboxylic acids is 1. The Hall–Kier alpha value is -0.580. The van der Waals surface area contributed by atoms with Gasteiger partial charge in [0.15, 0.2) is 0 Å². The molecular formula is C7H3BrF3O. The van der Waals surface area contributed by atoms with E-state index >= 15 is 0 Å². The van der Waals surface area contributed by atoms with Crippen LogP contribution in [-0.4, -0.2) is 10.9 Å². The van der Waals surface area contributed by atoms with Crippen LogP contribution in [0.4, 0.5) is 13.2 Å². The van der Waals surface area contributed by atoms with E-state index in [1.807, 2.05) is 0 Å². The molecule has 0 saturated heterocycles. The van der Waals surface area contributed by atoms with Gasteiger partial charge in [0, 0.05) is 12.2 Å². The summed E-state index contributed by atoms with van der Waals surface area (Å²) < 4.78 is 35.6. The molecule has 0 bridgehead atoms. The first-order chi connectivity index (χ1) is 5.47. The van der Waals surface area contributed by atoms with Gasteiger partial charge in [-0.25, -0.2) is 13.2 Å². The molecule has 0 fully saturated rings. The normalized spacial score (nSPS) is 35.5. The van der Waals surface area contributed by atoms with Crippen LogP contribution in [0.3, 0.4) is 0 Å². The Morgan fingerprint density at radius 3 is 2.58 bits per heavy atom. The van der Waals surface area contributed by atoms with E-state index in [0.717, 1.165) is 6.29 Å². The standard InChI is InChI=1S/C7H3BrF3O/c8-7(11)2-4(9)1-6(10)5(7)3-12/h1-2,5H. The molecule has 1 nitrogen and oxygen atoms in total. The molecule has 0 aromatic heterocycles. The van der Waals surface area contributed by atoms with Crippen LogP contribution in [0, 0.1) is 5.92 Å². The van der Waals surface area contributed by atoms with Gasteiger partial charge in [-0.05, 0) is 15.9 Å². The van der Waals surface area contributed by atoms with Crippen LogP contribution in [-0.2, 0) is 4.79 Å². The molecule has 2 unspecified atom stereocenters. The van der Waals surface area contributed by atoms with Crippen LogP contribution >= 0.6 is 15.9 Å². The summed E-state index contributed by atoms with van der Waals surface area (Å²) in [5.41, 5.74) is 0. The largest absolute Gasteiger partial charge is 0.290 e. The van der Waals surface area contributed by atoms with Crippen molar-refractivity contribution in [2.24, 2.45) is 5.92 Å². The van der Waals surface area contributed by atoms with Crippen molar-refractivity contribution in [1.82, 2.24) is 0 Å². The highest BCUT2D eigenvalue weighted by Gasteiger charge is 2.41. The first-order valence-corrected chi connectivity index (χ1v) is 3.77. The zero-order valence-electron chi connectivity index (χ0n) is 5.65. The van der Waals surface area contributed by atoms with Gasteiger partial charge in [0.1, 0.15) is 17.6 Å². The predicted molar refractivity (Wildman–Crippen MR) is 40.3 cm³/mol. The third kappa shape index (κ3) is 1.60. The maximum atomic E-state index is 13.1. The third-order valence-electron chi connectivity index (χ3n) is 1.38. The van der Waals surface area contributed by atoms with Crippen molar-refractivity contribution in [2.75, 3.05) is 0 Å². The molecule has 65 valence electrons. The molecule has 1 aliphatic carbocycles. The van der Waals surface area contributed by atoms with Crippen LogP contribution in [0.1, 0.15) is 0 Å². The van der Waals surface area contributed by atoms with Gasteiger partial charge in [-0.3, -0.25) is 4.79 Å². The number of alkyl halides is 2. The summed E-state index contributed by atoms with van der Waals surface area (Å²) in [4.78, 5) is 10.1. The summed E-state index contributed by atoms with van der Waals surface area (Å²) in [6.45, 7) is 0. The maximum Gasteiger partial charge on any atom is 0.213 e. The van der Waals surface area contributed by atoms with Crippen LogP contribution in [0.15, 0.2) is 23.8 Å². The van der Waals surface area contributed by atoms with Crippen molar-refractivity contribution in [1.29, 1.82) is 0 Å². The van der Waals surface area contributed by atoms with Crippen LogP contribution < -0.4 is 0 Å². The van der Waals surface area contributed by atoms with Gasteiger partial charge in [0.05, 0.1) is 0 Å². The molecule has 1 radical (unpaired) electrons. The van der Waals surface area contributed by atoms with E-state index in [4.69, 9.17) is 0 Å². The molecule has 0 saturated carbocycles. The average molecular weight is 240 g/mol. The Morgan fingerprint density at radius 1 is 1.58 bits per heavy atom. The Morgan fingerprint density at radius 2 is 2.17 bits per heavy atom. The minimum Gasteiger partial charge on any atom is -0.290 e. The van der Waals surface area contributed by atoms with E-state index < -0.39 is 22.1 Å². The number of allylic oxidation sites excluding steroid dienone is 4. The van der Waals surface area contributed by atoms with Gasteiger partial charge in [-0.2, -0.15) is 0 Å². The summed E-state index contributed by atoms with van der Waals surface area (Å²) in [6.07, 6.45) is 2.07. The van der Waals surface area contributed by atoms with Gasteiger partial charge < -0.3 is 0 Å². The van der Waals surface area contributed by atoms with Crippen LogP contribution in [0.25, 0.3) is 0 Å². The third-order valence-corrected chi connectivity index (χ3v) is 2.07. The smallest absolute Gasteiger partial charge is 0.213 e. The molecular weight excluding hydrogens is 237 g/mol. The predicted octanol–water partition coefficient (Wildman–Crippen LogP) is 2.49. The highest BCUT2D eigenvalue weighted by atomic mass is 79.9. The van der Waals surface area contributed by atoms with Crippen molar-refractivity contribution in [2.45, 2.75) is 4.58 Å². The number of rotatable bonds is 1. The molecule has 0 aromatic rings. The molecule has 2 atom stereocenters. The monoisotopic (exact) mass is 239 g/mol. The van der Waals surface area contributed by atoms with E-state index in [-0.39, 0.29) is 0 Å². The summed E-state index contributed by atoms with van der Waals surface area (Å²) in [7, 11) is 0. The molecule has 5 heteroatoms. The number of hydrogen-bond acceptors (Lipinski definition) is 1. The second-order valence-electron chi connectivity index (χ2n) is 2.28. The van der Waals surface area contributed by atoms with E-state index in [1.165, 1.54) is 0 Å². The Bertz CT molecular complexity index is 270. The van der Waals surface area contributed by atoms with E-state index in [1.54, 1.807) is 0 Å². The lowest BCUT2D eigenvalue weighted by Gasteiger charge is -2.21. The number of hydrogen-bond donors (Lipinski definition) is 0. The van der Waals surface area contributed by atoms with Crippen molar-refractivity contribution in [3.8, 4) is 0 Å². The van der Waals surface area contributed by atoms with Crippen molar-refractivity contribution in [3.05, 3.63) is 23.8 Å². The van der Waals surface area contributed by atoms with Gasteiger partial charge in [0.2, 0.25) is 10.9 Å². The quantitative estimate of drug-likeness (QED) is 0.643. The molecule has 0 spiro atoms. The zero-order valence-corrected chi connectivity index (χ0v) is 7.24. The topological polar surface area (TPSA) is 17.1 Å². The molecule has 12 heavy (non-hydrogen) atoms. The van der Waals surface area contributed by atoms with Gasteiger partial charge in [-0.1, -0.05) is 0 Å². The fourth-order valence-electron chi connectivity index (χ4n) is 0.843. The second kappa shape index (κ2) is 3.05. The first-order valence-electron chi connectivity index (χ1n) is 2.98. The van der Waals surface area contributed by atoms with Crippen LogP contribution in [0.5, 0.6) is 0 Å². The van der Waals surface area contributed by atoms with E-state index in [2.05, 4.69) is 15.9 Å². The fourth-order valence-corrected chi connectivity index (χ4v) is 1.37. The lowest BCUT2D eigenvalue weighted by Crippen LogP contribution is -2.28.